The molecule has 2 rings (SSSR count). The number of carbonyl (C=O) groups is 1. The Morgan fingerprint density at radius 1 is 1.00 bits per heavy atom. The van der Waals surface area contributed by atoms with Crippen molar-refractivity contribution in [3.8, 4) is 11.5 Å². The van der Waals surface area contributed by atoms with Crippen molar-refractivity contribution in [3.63, 3.8) is 0 Å². The zero-order valence-electron chi connectivity index (χ0n) is 19.5. The fourth-order valence-corrected chi connectivity index (χ4v) is 2.86. The molecular weight excluding hydrogens is 535 g/mol. The monoisotopic (exact) mass is 570 g/mol. The first kappa shape index (κ1) is 28.5. The number of guanidine groups is 1. The molecule has 4 N–H and O–H groups in total. The molecule has 33 heavy (non-hydrogen) atoms. The van der Waals surface area contributed by atoms with E-state index in [9.17, 15) is 9.90 Å². The number of aryl methyl sites for hydroxylation is 1. The summed E-state index contributed by atoms with van der Waals surface area (Å²) in [6.45, 7) is 9.82. The van der Waals surface area contributed by atoms with Crippen LogP contribution in [0.25, 0.3) is 0 Å². The van der Waals surface area contributed by atoms with Gasteiger partial charge in [0.25, 0.3) is 5.91 Å². The zero-order chi connectivity index (χ0) is 23.2. The molecule has 2 aromatic carbocycles. The van der Waals surface area contributed by atoms with Crippen LogP contribution in [0.4, 0.5) is 0 Å². The first-order chi connectivity index (χ1) is 15.5. The molecule has 2 aromatic rings. The quantitative estimate of drug-likeness (QED) is 0.135. The summed E-state index contributed by atoms with van der Waals surface area (Å²) in [5.41, 5.74) is 2.61. The van der Waals surface area contributed by atoms with E-state index >= 15 is 0 Å². The number of hydrogen-bond donors (Lipinski definition) is 4. The summed E-state index contributed by atoms with van der Waals surface area (Å²) in [5.74, 6) is 1.41. The van der Waals surface area contributed by atoms with Gasteiger partial charge in [-0.05, 0) is 56.7 Å². The van der Waals surface area contributed by atoms with E-state index in [4.69, 9.17) is 9.47 Å². The fourth-order valence-electron chi connectivity index (χ4n) is 2.86. The summed E-state index contributed by atoms with van der Waals surface area (Å²) >= 11 is 0. The van der Waals surface area contributed by atoms with E-state index in [1.54, 1.807) is 12.1 Å². The van der Waals surface area contributed by atoms with Crippen molar-refractivity contribution in [3.05, 3.63) is 59.2 Å². The zero-order valence-corrected chi connectivity index (χ0v) is 21.8. The predicted octanol–water partition coefficient (Wildman–Crippen LogP) is 3.22. The highest BCUT2D eigenvalue weighted by Gasteiger charge is 2.07. The van der Waals surface area contributed by atoms with Crippen LogP contribution in [0, 0.1) is 6.92 Å². The van der Waals surface area contributed by atoms with E-state index in [-0.39, 0.29) is 35.6 Å². The third-order valence-electron chi connectivity index (χ3n) is 4.50. The van der Waals surface area contributed by atoms with Crippen molar-refractivity contribution < 1.29 is 19.4 Å². The smallest absolute Gasteiger partial charge is 0.251 e. The highest BCUT2D eigenvalue weighted by Crippen LogP contribution is 2.21. The van der Waals surface area contributed by atoms with Gasteiger partial charge in [0.1, 0.15) is 18.1 Å². The minimum atomic E-state index is -0.192. The molecule has 0 aliphatic rings. The number of nitrogens with zero attached hydrogens (tertiary/aromatic N) is 1. The molecule has 0 aliphatic heterocycles. The minimum Gasteiger partial charge on any atom is -0.508 e. The summed E-state index contributed by atoms with van der Waals surface area (Å²) < 4.78 is 11.2. The van der Waals surface area contributed by atoms with Gasteiger partial charge in [-0.2, -0.15) is 0 Å². The molecule has 0 aliphatic carbocycles. The van der Waals surface area contributed by atoms with Crippen LogP contribution in [-0.2, 0) is 11.3 Å². The van der Waals surface area contributed by atoms with Crippen LogP contribution >= 0.6 is 24.0 Å². The first-order valence-electron chi connectivity index (χ1n) is 10.9. The number of ether oxygens (including phenoxy) is 2. The maximum absolute atomic E-state index is 12.1. The van der Waals surface area contributed by atoms with Gasteiger partial charge in [0, 0.05) is 37.4 Å². The molecule has 0 unspecified atom stereocenters. The molecule has 182 valence electrons. The van der Waals surface area contributed by atoms with Gasteiger partial charge in [-0.25, -0.2) is 4.99 Å². The highest BCUT2D eigenvalue weighted by molar-refractivity contribution is 14.0. The average Bonchev–Trinajstić information content (AvgIpc) is 2.79. The van der Waals surface area contributed by atoms with Crippen LogP contribution in [-0.4, -0.2) is 56.4 Å². The number of aliphatic imine (C=N–C) groups is 1. The van der Waals surface area contributed by atoms with Gasteiger partial charge >= 0.3 is 0 Å². The third-order valence-corrected chi connectivity index (χ3v) is 4.50. The lowest BCUT2D eigenvalue weighted by molar-refractivity contribution is 0.0954. The molecule has 0 aromatic heterocycles. The second-order valence-electron chi connectivity index (χ2n) is 7.08. The molecule has 0 radical (unpaired) electrons. The Kier molecular flexibility index (Phi) is 13.9. The lowest BCUT2D eigenvalue weighted by Gasteiger charge is -2.14. The second kappa shape index (κ2) is 16.1. The Balaban J connectivity index is 0.00000544. The minimum absolute atomic E-state index is 0. The van der Waals surface area contributed by atoms with Crippen molar-refractivity contribution in [2.45, 2.75) is 27.3 Å². The maximum atomic E-state index is 12.1. The molecule has 0 spiro atoms. The number of nitrogens with one attached hydrogen (secondary N) is 3. The molecular formula is C24H35IN4O4. The number of halogens is 1. The third kappa shape index (κ3) is 10.8. The molecule has 9 heteroatoms. The molecule has 8 nitrogen and oxygen atoms in total. The number of phenolic OH excluding ortho intramolecular Hbond substituents is 1. The van der Waals surface area contributed by atoms with Gasteiger partial charge in [0.2, 0.25) is 0 Å². The molecule has 0 atom stereocenters. The van der Waals surface area contributed by atoms with E-state index in [1.165, 1.54) is 12.1 Å². The van der Waals surface area contributed by atoms with Gasteiger partial charge in [-0.15, -0.1) is 24.0 Å². The highest BCUT2D eigenvalue weighted by atomic mass is 127. The van der Waals surface area contributed by atoms with E-state index in [2.05, 4.69) is 20.9 Å². The van der Waals surface area contributed by atoms with Crippen molar-refractivity contribution in [2.24, 2.45) is 4.99 Å². The first-order valence-corrected chi connectivity index (χ1v) is 10.9. The van der Waals surface area contributed by atoms with Gasteiger partial charge in [-0.3, -0.25) is 4.79 Å². The Hall–Kier alpha value is -2.53. The lowest BCUT2D eigenvalue weighted by Crippen LogP contribution is -2.41. The standard InChI is InChI=1S/C24H34N4O4.HI/c1-4-25-24(27-13-12-26-23(30)19-8-10-21(29)11-9-19)28-17-20-7-6-18(3)16-22(20)32-15-14-31-5-2;/h6-11,16,29H,4-5,12-15,17H2,1-3H3,(H,26,30)(H2,25,27,28);1H. The van der Waals surface area contributed by atoms with Crippen LogP contribution in [0.2, 0.25) is 0 Å². The number of benzene rings is 2. The second-order valence-corrected chi connectivity index (χ2v) is 7.08. The van der Waals surface area contributed by atoms with Crippen LogP contribution in [0.1, 0.15) is 35.3 Å². The Bertz CT molecular complexity index is 875. The van der Waals surface area contributed by atoms with Crippen molar-refractivity contribution in [2.75, 3.05) is 39.5 Å². The Labute approximate surface area is 213 Å². The number of aromatic hydroxyl groups is 1. The molecule has 1 amide bonds. The van der Waals surface area contributed by atoms with E-state index < -0.39 is 0 Å². The SMILES string of the molecule is CCNC(=NCc1ccc(C)cc1OCCOCC)NCCNC(=O)c1ccc(O)cc1.I. The summed E-state index contributed by atoms with van der Waals surface area (Å²) in [5, 5.41) is 18.6. The number of phenols is 1. The number of rotatable bonds is 12. The molecule has 0 saturated heterocycles. The summed E-state index contributed by atoms with van der Waals surface area (Å²) in [7, 11) is 0. The van der Waals surface area contributed by atoms with Crippen molar-refractivity contribution in [1.82, 2.24) is 16.0 Å². The topological polar surface area (TPSA) is 104 Å². The van der Waals surface area contributed by atoms with E-state index in [1.807, 2.05) is 39.0 Å². The van der Waals surface area contributed by atoms with Crippen molar-refractivity contribution in [1.29, 1.82) is 0 Å². The number of hydrogen-bond acceptors (Lipinski definition) is 5. The maximum Gasteiger partial charge on any atom is 0.251 e. The van der Waals surface area contributed by atoms with Gasteiger partial charge in [0.05, 0.1) is 13.2 Å². The Morgan fingerprint density at radius 2 is 1.73 bits per heavy atom. The van der Waals surface area contributed by atoms with Crippen molar-refractivity contribution >= 4 is 35.8 Å². The number of carbonyl (C=O) groups excluding carboxylic acids is 1. The van der Waals surface area contributed by atoms with E-state index in [0.717, 1.165) is 23.4 Å². The van der Waals surface area contributed by atoms with Crippen LogP contribution < -0.4 is 20.7 Å². The summed E-state index contributed by atoms with van der Waals surface area (Å²) in [4.78, 5) is 16.8. The Morgan fingerprint density at radius 3 is 2.42 bits per heavy atom. The molecule has 0 bridgehead atoms. The summed E-state index contributed by atoms with van der Waals surface area (Å²) in [6.07, 6.45) is 0. The van der Waals surface area contributed by atoms with Gasteiger partial charge in [0.15, 0.2) is 5.96 Å². The normalized spacial score (nSPS) is 10.8. The molecule has 0 saturated carbocycles. The molecule has 0 heterocycles. The predicted molar refractivity (Wildman–Crippen MR) is 142 cm³/mol. The molecule has 0 fully saturated rings. The van der Waals surface area contributed by atoms with Crippen LogP contribution in [0.3, 0.4) is 0 Å². The van der Waals surface area contributed by atoms with Crippen LogP contribution in [0.15, 0.2) is 47.5 Å². The largest absolute Gasteiger partial charge is 0.508 e. The van der Waals surface area contributed by atoms with Gasteiger partial charge < -0.3 is 30.5 Å². The number of amides is 1. The fraction of sp³-hybridized carbons (Fsp3) is 0.417. The lowest BCUT2D eigenvalue weighted by atomic mass is 10.1. The van der Waals surface area contributed by atoms with Gasteiger partial charge in [-0.1, -0.05) is 12.1 Å². The van der Waals surface area contributed by atoms with Crippen LogP contribution in [0.5, 0.6) is 11.5 Å². The van der Waals surface area contributed by atoms with E-state index in [0.29, 0.717) is 51.0 Å². The summed E-state index contributed by atoms with van der Waals surface area (Å²) in [6, 6.07) is 12.2. The average molecular weight is 570 g/mol.